The van der Waals surface area contributed by atoms with Crippen LogP contribution in [0.4, 0.5) is 0 Å². The van der Waals surface area contributed by atoms with E-state index < -0.39 is 0 Å². The first-order valence-corrected chi connectivity index (χ1v) is 11.2. The molecule has 6 heteroatoms. The van der Waals surface area contributed by atoms with E-state index in [9.17, 15) is 4.79 Å². The Labute approximate surface area is 184 Å². The molecule has 3 heterocycles. The summed E-state index contributed by atoms with van der Waals surface area (Å²) in [6.45, 7) is 14.5. The van der Waals surface area contributed by atoms with Gasteiger partial charge in [-0.25, -0.2) is 9.50 Å². The van der Waals surface area contributed by atoms with Crippen LogP contribution in [0.5, 0.6) is 0 Å². The third-order valence-corrected chi connectivity index (χ3v) is 6.52. The fourth-order valence-corrected chi connectivity index (χ4v) is 4.23. The summed E-state index contributed by atoms with van der Waals surface area (Å²) in [6.07, 6.45) is 2.54. The summed E-state index contributed by atoms with van der Waals surface area (Å²) in [5, 5.41) is 4.72. The number of nitrogens with zero attached hydrogens (tertiary/aromatic N) is 5. The van der Waals surface area contributed by atoms with Gasteiger partial charge in [0.15, 0.2) is 5.82 Å². The van der Waals surface area contributed by atoms with Gasteiger partial charge in [0.05, 0.1) is 6.42 Å². The Bertz CT molecular complexity index is 1100. The lowest BCUT2D eigenvalue weighted by Crippen LogP contribution is -2.39. The third kappa shape index (κ3) is 4.34. The molecule has 1 aliphatic rings. The summed E-state index contributed by atoms with van der Waals surface area (Å²) >= 11 is 0. The number of fused-ring (bicyclic) bond motifs is 1. The van der Waals surface area contributed by atoms with Gasteiger partial charge in [-0.05, 0) is 43.6 Å². The molecule has 1 fully saturated rings. The maximum absolute atomic E-state index is 12.9. The molecule has 4 rings (SSSR count). The van der Waals surface area contributed by atoms with E-state index >= 15 is 0 Å². The monoisotopic (exact) mass is 419 g/mol. The minimum atomic E-state index is 0.105. The summed E-state index contributed by atoms with van der Waals surface area (Å²) in [6, 6.07) is 8.41. The summed E-state index contributed by atoms with van der Waals surface area (Å²) in [4.78, 5) is 24.2. The van der Waals surface area contributed by atoms with E-state index in [-0.39, 0.29) is 11.3 Å². The van der Waals surface area contributed by atoms with Crippen LogP contribution in [-0.4, -0.2) is 43.5 Å². The van der Waals surface area contributed by atoms with Gasteiger partial charge in [-0.2, -0.15) is 4.98 Å². The number of likely N-dealkylation sites (tertiary alicyclic amines) is 1. The van der Waals surface area contributed by atoms with Crippen molar-refractivity contribution in [2.75, 3.05) is 13.1 Å². The normalized spacial score (nSPS) is 15.6. The van der Waals surface area contributed by atoms with Crippen LogP contribution in [0, 0.1) is 19.8 Å². The van der Waals surface area contributed by atoms with Gasteiger partial charge in [0.2, 0.25) is 5.91 Å². The molecule has 6 nitrogen and oxygen atoms in total. The molecule has 1 aromatic carbocycles. The molecule has 0 atom stereocenters. The van der Waals surface area contributed by atoms with Crippen molar-refractivity contribution in [3.05, 3.63) is 46.8 Å². The van der Waals surface area contributed by atoms with Gasteiger partial charge in [0.25, 0.3) is 5.78 Å². The molecule has 0 aliphatic carbocycles. The van der Waals surface area contributed by atoms with Gasteiger partial charge in [-0.15, -0.1) is 5.10 Å². The minimum absolute atomic E-state index is 0.105. The van der Waals surface area contributed by atoms with Crippen molar-refractivity contribution in [1.82, 2.24) is 24.5 Å². The molecule has 164 valence electrons. The first-order valence-electron chi connectivity index (χ1n) is 11.2. The van der Waals surface area contributed by atoms with Crippen LogP contribution in [-0.2, 0) is 16.6 Å². The number of hydrogen-bond acceptors (Lipinski definition) is 4. The van der Waals surface area contributed by atoms with Crippen LogP contribution in [0.15, 0.2) is 24.3 Å². The van der Waals surface area contributed by atoms with E-state index in [0.717, 1.165) is 48.4 Å². The fraction of sp³-hybridized carbons (Fsp3) is 0.520. The highest BCUT2D eigenvalue weighted by Gasteiger charge is 2.23. The maximum atomic E-state index is 12.9. The number of benzene rings is 1. The van der Waals surface area contributed by atoms with Crippen molar-refractivity contribution >= 4 is 11.7 Å². The Hall–Kier alpha value is -2.76. The molecule has 3 aromatic rings. The molecule has 0 spiro atoms. The number of aromatic nitrogens is 4. The smallest absolute Gasteiger partial charge is 0.253 e. The Morgan fingerprint density at radius 1 is 1.06 bits per heavy atom. The Balaban J connectivity index is 1.62. The van der Waals surface area contributed by atoms with Crippen LogP contribution in [0.3, 0.4) is 0 Å². The number of amides is 1. The molecule has 31 heavy (non-hydrogen) atoms. The first kappa shape index (κ1) is 21.5. The summed E-state index contributed by atoms with van der Waals surface area (Å²) < 4.78 is 1.78. The molecule has 0 N–H and O–H groups in total. The molecule has 0 unspecified atom stereocenters. The zero-order chi connectivity index (χ0) is 22.3. The lowest BCUT2D eigenvalue weighted by atomic mass is 9.87. The molecule has 0 bridgehead atoms. The summed E-state index contributed by atoms with van der Waals surface area (Å²) in [5.41, 5.74) is 5.09. The number of hydrogen-bond donors (Lipinski definition) is 0. The van der Waals surface area contributed by atoms with Crippen LogP contribution >= 0.6 is 0 Å². The zero-order valence-corrected chi connectivity index (χ0v) is 19.6. The number of aryl methyl sites for hydroxylation is 2. The molecular weight excluding hydrogens is 386 g/mol. The average Bonchev–Trinajstić information content (AvgIpc) is 3.15. The third-order valence-electron chi connectivity index (χ3n) is 6.52. The predicted molar refractivity (Wildman–Crippen MR) is 123 cm³/mol. The number of piperidine rings is 1. The van der Waals surface area contributed by atoms with Gasteiger partial charge < -0.3 is 4.90 Å². The molecule has 0 saturated carbocycles. The standard InChI is InChI=1S/C25H33N5O/c1-16-11-13-29(14-12-16)22(31)15-21-17(2)26-24-27-23(28-30(24)18(21)3)19-7-9-20(10-8-19)25(4,5)6/h7-10,16H,11-15H2,1-6H3. The highest BCUT2D eigenvalue weighted by Crippen LogP contribution is 2.26. The summed E-state index contributed by atoms with van der Waals surface area (Å²) in [7, 11) is 0. The van der Waals surface area contributed by atoms with Gasteiger partial charge >= 0.3 is 0 Å². The Morgan fingerprint density at radius 2 is 1.71 bits per heavy atom. The molecular formula is C25H33N5O. The number of carbonyl (C=O) groups is 1. The van der Waals surface area contributed by atoms with Crippen molar-refractivity contribution in [1.29, 1.82) is 0 Å². The molecule has 2 aromatic heterocycles. The van der Waals surface area contributed by atoms with Crippen molar-refractivity contribution in [2.45, 2.75) is 66.2 Å². The van der Waals surface area contributed by atoms with Crippen molar-refractivity contribution < 1.29 is 4.79 Å². The second kappa shape index (κ2) is 8.06. The first-order chi connectivity index (χ1) is 14.6. The lowest BCUT2D eigenvalue weighted by molar-refractivity contribution is -0.131. The highest BCUT2D eigenvalue weighted by atomic mass is 16.2. The van der Waals surface area contributed by atoms with Gasteiger partial charge in [0.1, 0.15) is 0 Å². The second-order valence-corrected chi connectivity index (χ2v) is 9.98. The molecule has 0 radical (unpaired) electrons. The lowest BCUT2D eigenvalue weighted by Gasteiger charge is -2.30. The van der Waals surface area contributed by atoms with Gasteiger partial charge in [0, 0.05) is 35.6 Å². The minimum Gasteiger partial charge on any atom is -0.342 e. The van der Waals surface area contributed by atoms with E-state index in [4.69, 9.17) is 5.10 Å². The molecule has 1 aliphatic heterocycles. The average molecular weight is 420 g/mol. The second-order valence-electron chi connectivity index (χ2n) is 9.98. The van der Waals surface area contributed by atoms with Crippen LogP contribution < -0.4 is 0 Å². The largest absolute Gasteiger partial charge is 0.342 e. The van der Waals surface area contributed by atoms with Crippen LogP contribution in [0.2, 0.25) is 0 Å². The number of rotatable bonds is 3. The van der Waals surface area contributed by atoms with E-state index in [1.54, 1.807) is 4.52 Å². The van der Waals surface area contributed by atoms with Gasteiger partial charge in [-0.1, -0.05) is 52.0 Å². The zero-order valence-electron chi connectivity index (χ0n) is 19.6. The highest BCUT2D eigenvalue weighted by molar-refractivity contribution is 5.79. The Kier molecular flexibility index (Phi) is 5.58. The Morgan fingerprint density at radius 3 is 2.32 bits per heavy atom. The predicted octanol–water partition coefficient (Wildman–Crippen LogP) is 4.51. The van der Waals surface area contributed by atoms with Crippen LogP contribution in [0.25, 0.3) is 17.2 Å². The van der Waals surface area contributed by atoms with Crippen molar-refractivity contribution in [2.24, 2.45) is 5.92 Å². The fourth-order valence-electron chi connectivity index (χ4n) is 4.23. The van der Waals surface area contributed by atoms with Crippen molar-refractivity contribution in [3.8, 4) is 11.4 Å². The molecule has 1 saturated heterocycles. The number of carbonyl (C=O) groups excluding carboxylic acids is 1. The van der Waals surface area contributed by atoms with Crippen LogP contribution in [0.1, 0.15) is 63.1 Å². The summed E-state index contributed by atoms with van der Waals surface area (Å²) in [5.74, 6) is 2.12. The van der Waals surface area contributed by atoms with E-state index in [1.807, 2.05) is 18.7 Å². The van der Waals surface area contributed by atoms with Crippen molar-refractivity contribution in [3.63, 3.8) is 0 Å². The molecule has 1 amide bonds. The quantitative estimate of drug-likeness (QED) is 0.627. The van der Waals surface area contributed by atoms with Gasteiger partial charge in [-0.3, -0.25) is 4.79 Å². The van der Waals surface area contributed by atoms with E-state index in [0.29, 0.717) is 23.9 Å². The SMILES string of the molecule is Cc1nc2nc(-c3ccc(C(C)(C)C)cc3)nn2c(C)c1CC(=O)N1CCC(C)CC1. The maximum Gasteiger partial charge on any atom is 0.253 e. The van der Waals surface area contributed by atoms with E-state index in [2.05, 4.69) is 61.9 Å². The topological polar surface area (TPSA) is 63.4 Å². The van der Waals surface area contributed by atoms with E-state index in [1.165, 1.54) is 5.56 Å².